The number of nitrogens with zero attached hydrogens (tertiary/aromatic N) is 4. The number of hydrogen-bond donors (Lipinski definition) is 1. The van der Waals surface area contributed by atoms with Gasteiger partial charge >= 0.3 is 0 Å². The Morgan fingerprint density at radius 3 is 2.93 bits per heavy atom. The summed E-state index contributed by atoms with van der Waals surface area (Å²) in [6.07, 6.45) is 3.10. The lowest BCUT2D eigenvalue weighted by molar-refractivity contribution is 0.0120. The molecule has 0 bridgehead atoms. The lowest BCUT2D eigenvalue weighted by Gasteiger charge is -2.18. The number of rotatable bonds is 4. The highest BCUT2D eigenvalue weighted by Gasteiger charge is 2.41. The van der Waals surface area contributed by atoms with Gasteiger partial charge in [0.1, 0.15) is 0 Å². The monoisotopic (exact) mass is 389 g/mol. The molecule has 0 spiro atoms. The number of halogens is 2. The first-order chi connectivity index (χ1) is 12.9. The first-order valence-corrected chi connectivity index (χ1v) is 9.40. The Hall–Kier alpha value is -2.68. The summed E-state index contributed by atoms with van der Waals surface area (Å²) >= 11 is 1.33. The Labute approximate surface area is 158 Å². The largest absolute Gasteiger partial charge is 0.348 e. The molecular weight excluding hydrogens is 372 g/mol. The third-order valence-electron chi connectivity index (χ3n) is 4.49. The maximum absolute atomic E-state index is 13.5. The van der Waals surface area contributed by atoms with E-state index in [0.29, 0.717) is 10.2 Å². The molecule has 140 valence electrons. The minimum atomic E-state index is -2.84. The van der Waals surface area contributed by atoms with Gasteiger partial charge in [-0.05, 0) is 30.0 Å². The van der Waals surface area contributed by atoms with Crippen LogP contribution in [0.2, 0.25) is 0 Å². The fraction of sp³-hybridized carbons (Fsp3) is 0.333. The van der Waals surface area contributed by atoms with Crippen molar-refractivity contribution in [1.82, 2.24) is 19.9 Å². The number of likely N-dealkylation sites (tertiary alicyclic amines) is 1. The van der Waals surface area contributed by atoms with Crippen molar-refractivity contribution in [2.75, 3.05) is 18.4 Å². The summed E-state index contributed by atoms with van der Waals surface area (Å²) in [5.41, 5.74) is 1.72. The van der Waals surface area contributed by atoms with E-state index in [0.717, 1.165) is 10.5 Å². The van der Waals surface area contributed by atoms with E-state index in [4.69, 9.17) is 0 Å². The summed E-state index contributed by atoms with van der Waals surface area (Å²) in [5.74, 6) is -3.04. The number of fused-ring (bicyclic) bond motifs is 1. The highest BCUT2D eigenvalue weighted by Crippen LogP contribution is 2.31. The van der Waals surface area contributed by atoms with Crippen molar-refractivity contribution >= 4 is 33.4 Å². The van der Waals surface area contributed by atoms with Crippen molar-refractivity contribution in [2.24, 2.45) is 0 Å². The van der Waals surface area contributed by atoms with Gasteiger partial charge in [-0.1, -0.05) is 6.07 Å². The highest BCUT2D eigenvalue weighted by atomic mass is 32.1. The summed E-state index contributed by atoms with van der Waals surface area (Å²) in [5, 5.41) is 4.97. The molecule has 9 heteroatoms. The van der Waals surface area contributed by atoms with E-state index in [-0.39, 0.29) is 30.6 Å². The predicted octanol–water partition coefficient (Wildman–Crippen LogP) is 3.74. The van der Waals surface area contributed by atoms with Crippen LogP contribution in [0.3, 0.4) is 0 Å². The molecule has 0 saturated carbocycles. The van der Waals surface area contributed by atoms with Crippen LogP contribution in [0.25, 0.3) is 10.2 Å². The number of carbonyl (C=O) groups is 1. The van der Waals surface area contributed by atoms with E-state index < -0.39 is 18.4 Å². The molecule has 27 heavy (non-hydrogen) atoms. The minimum Gasteiger partial charge on any atom is -0.348 e. The molecule has 1 amide bonds. The van der Waals surface area contributed by atoms with Crippen LogP contribution in [0.15, 0.2) is 36.0 Å². The number of thiophene rings is 1. The Balaban J connectivity index is 1.65. The molecule has 1 saturated heterocycles. The van der Waals surface area contributed by atoms with Gasteiger partial charge in [-0.2, -0.15) is 0 Å². The van der Waals surface area contributed by atoms with Gasteiger partial charge in [0.15, 0.2) is 5.69 Å². The van der Waals surface area contributed by atoms with Gasteiger partial charge in [0.05, 0.1) is 22.8 Å². The zero-order valence-electron chi connectivity index (χ0n) is 14.5. The molecule has 4 heterocycles. The second-order valence-corrected chi connectivity index (χ2v) is 7.43. The molecule has 1 aliphatic heterocycles. The zero-order chi connectivity index (χ0) is 19.0. The van der Waals surface area contributed by atoms with E-state index in [1.807, 2.05) is 24.4 Å². The Bertz CT molecular complexity index is 978. The number of carbonyl (C=O) groups excluding carboxylic acids is 1. The zero-order valence-corrected chi connectivity index (χ0v) is 15.3. The van der Waals surface area contributed by atoms with Gasteiger partial charge in [-0.15, -0.1) is 11.3 Å². The van der Waals surface area contributed by atoms with Gasteiger partial charge in [0.25, 0.3) is 11.8 Å². The third kappa shape index (κ3) is 3.59. The molecule has 1 atom stereocenters. The molecule has 3 aromatic heterocycles. The van der Waals surface area contributed by atoms with Gasteiger partial charge in [0, 0.05) is 25.4 Å². The minimum absolute atomic E-state index is 0.0254. The van der Waals surface area contributed by atoms with Crippen LogP contribution in [0.1, 0.15) is 35.4 Å². The van der Waals surface area contributed by atoms with E-state index in [9.17, 15) is 13.6 Å². The van der Waals surface area contributed by atoms with Crippen LogP contribution >= 0.6 is 11.3 Å². The van der Waals surface area contributed by atoms with Gasteiger partial charge < -0.3 is 10.2 Å². The number of amides is 1. The van der Waals surface area contributed by atoms with E-state index in [1.54, 1.807) is 18.5 Å². The topological polar surface area (TPSA) is 71.0 Å². The molecule has 6 nitrogen and oxygen atoms in total. The fourth-order valence-electron chi connectivity index (χ4n) is 3.04. The molecule has 1 fully saturated rings. The van der Waals surface area contributed by atoms with Crippen molar-refractivity contribution in [1.29, 1.82) is 0 Å². The summed E-state index contributed by atoms with van der Waals surface area (Å²) in [4.78, 5) is 26.9. The second-order valence-electron chi connectivity index (χ2n) is 6.52. The Kier molecular flexibility index (Phi) is 4.47. The summed E-state index contributed by atoms with van der Waals surface area (Å²) < 4.78 is 27.6. The molecule has 0 unspecified atom stereocenters. The standard InChI is InChI=1S/C18H17F2N5OS/c1-11(12-3-2-6-21-9-12)22-17-23-13-4-8-27-15(13)14(24-17)16(26)25-7-5-18(19,20)10-25/h2-4,6,8-9,11H,5,7,10H2,1H3,(H,22,23,24)/t11-/m0/s1. The van der Waals surface area contributed by atoms with Crippen LogP contribution in [-0.2, 0) is 0 Å². The first kappa shape index (κ1) is 17.7. The average Bonchev–Trinajstić information content (AvgIpc) is 3.27. The lowest BCUT2D eigenvalue weighted by Crippen LogP contribution is -2.32. The quantitative estimate of drug-likeness (QED) is 0.736. The second kappa shape index (κ2) is 6.80. The van der Waals surface area contributed by atoms with E-state index >= 15 is 0 Å². The van der Waals surface area contributed by atoms with Crippen LogP contribution in [0.5, 0.6) is 0 Å². The maximum atomic E-state index is 13.5. The van der Waals surface area contributed by atoms with E-state index in [2.05, 4.69) is 20.3 Å². The molecule has 3 aromatic rings. The smallest absolute Gasteiger partial charge is 0.274 e. The Morgan fingerprint density at radius 2 is 2.22 bits per heavy atom. The molecule has 0 aromatic carbocycles. The first-order valence-electron chi connectivity index (χ1n) is 8.52. The van der Waals surface area contributed by atoms with Crippen molar-refractivity contribution in [3.63, 3.8) is 0 Å². The molecular formula is C18H17F2N5OS. The van der Waals surface area contributed by atoms with Crippen molar-refractivity contribution in [2.45, 2.75) is 25.3 Å². The van der Waals surface area contributed by atoms with Crippen LogP contribution in [0.4, 0.5) is 14.7 Å². The van der Waals surface area contributed by atoms with Crippen molar-refractivity contribution in [3.05, 3.63) is 47.2 Å². The third-order valence-corrected chi connectivity index (χ3v) is 5.40. The van der Waals surface area contributed by atoms with Gasteiger partial charge in [0.2, 0.25) is 5.95 Å². The van der Waals surface area contributed by atoms with Crippen LogP contribution in [-0.4, -0.2) is 44.8 Å². The normalized spacial score (nSPS) is 17.2. The van der Waals surface area contributed by atoms with Crippen LogP contribution < -0.4 is 5.32 Å². The number of nitrogens with one attached hydrogen (secondary N) is 1. The number of hydrogen-bond acceptors (Lipinski definition) is 6. The van der Waals surface area contributed by atoms with E-state index in [1.165, 1.54) is 11.3 Å². The van der Waals surface area contributed by atoms with Gasteiger partial charge in [-0.25, -0.2) is 18.7 Å². The summed E-state index contributed by atoms with van der Waals surface area (Å²) in [6.45, 7) is 1.38. The average molecular weight is 389 g/mol. The Morgan fingerprint density at radius 1 is 1.37 bits per heavy atom. The van der Waals surface area contributed by atoms with Crippen molar-refractivity contribution in [3.8, 4) is 0 Å². The van der Waals surface area contributed by atoms with Crippen molar-refractivity contribution < 1.29 is 13.6 Å². The fourth-order valence-corrected chi connectivity index (χ4v) is 3.85. The van der Waals surface area contributed by atoms with Gasteiger partial charge in [-0.3, -0.25) is 9.78 Å². The molecule has 0 aliphatic carbocycles. The summed E-state index contributed by atoms with van der Waals surface area (Å²) in [7, 11) is 0. The lowest BCUT2D eigenvalue weighted by atomic mass is 10.1. The number of aromatic nitrogens is 3. The number of alkyl halides is 2. The molecule has 4 rings (SSSR count). The molecule has 1 aliphatic rings. The predicted molar refractivity (Wildman–Crippen MR) is 99.2 cm³/mol. The van der Waals surface area contributed by atoms with Crippen LogP contribution in [0, 0.1) is 0 Å². The molecule has 0 radical (unpaired) electrons. The SMILES string of the molecule is C[C@H](Nc1nc(C(=O)N2CCC(F)(F)C2)c2sccc2n1)c1cccnc1. The maximum Gasteiger partial charge on any atom is 0.274 e. The highest BCUT2D eigenvalue weighted by molar-refractivity contribution is 7.17. The number of pyridine rings is 1. The number of anilines is 1. The summed E-state index contributed by atoms with van der Waals surface area (Å²) in [6, 6.07) is 5.41. The molecule has 1 N–H and O–H groups in total.